The van der Waals surface area contributed by atoms with Crippen molar-refractivity contribution < 1.29 is 4.79 Å². The first kappa shape index (κ1) is 12.5. The molecule has 15 heavy (non-hydrogen) atoms. The highest BCUT2D eigenvalue weighted by Crippen LogP contribution is 2.25. The smallest absolute Gasteiger partial charge is 0.221 e. The van der Waals surface area contributed by atoms with E-state index in [0.717, 1.165) is 19.0 Å². The number of hydrogen-bond acceptors (Lipinski definition) is 2. The van der Waals surface area contributed by atoms with Crippen LogP contribution in [0.2, 0.25) is 0 Å². The lowest BCUT2D eigenvalue weighted by molar-refractivity contribution is -0.121. The highest BCUT2D eigenvalue weighted by molar-refractivity contribution is 5.75. The number of nitrogens with one attached hydrogen (secondary N) is 2. The average Bonchev–Trinajstić information content (AvgIpc) is 2.28. The van der Waals surface area contributed by atoms with Gasteiger partial charge in [-0.25, -0.2) is 0 Å². The zero-order valence-corrected chi connectivity index (χ0v) is 9.85. The molecule has 0 unspecified atom stereocenters. The molecule has 0 radical (unpaired) electrons. The average molecular weight is 212 g/mol. The van der Waals surface area contributed by atoms with Gasteiger partial charge in [0.05, 0.1) is 0 Å². The van der Waals surface area contributed by atoms with Gasteiger partial charge in [-0.3, -0.25) is 4.79 Å². The van der Waals surface area contributed by atoms with Crippen LogP contribution in [0.5, 0.6) is 0 Å². The zero-order chi connectivity index (χ0) is 10.9. The van der Waals surface area contributed by atoms with Crippen LogP contribution >= 0.6 is 0 Å². The van der Waals surface area contributed by atoms with Gasteiger partial charge in [0, 0.05) is 19.5 Å². The lowest BCUT2D eigenvalue weighted by atomic mass is 9.87. The van der Waals surface area contributed by atoms with Crippen molar-refractivity contribution >= 4 is 5.91 Å². The maximum absolute atomic E-state index is 11.3. The van der Waals surface area contributed by atoms with Gasteiger partial charge in [0.2, 0.25) is 5.91 Å². The first-order valence-corrected chi connectivity index (χ1v) is 6.24. The molecule has 1 saturated carbocycles. The Morgan fingerprint density at radius 3 is 2.60 bits per heavy atom. The molecule has 0 aromatic heterocycles. The van der Waals surface area contributed by atoms with Crippen LogP contribution in [-0.4, -0.2) is 26.0 Å². The molecule has 0 aromatic rings. The van der Waals surface area contributed by atoms with Crippen LogP contribution in [0.3, 0.4) is 0 Å². The third kappa shape index (κ3) is 5.78. The summed E-state index contributed by atoms with van der Waals surface area (Å²) in [7, 11) is 1.87. The summed E-state index contributed by atoms with van der Waals surface area (Å²) >= 11 is 0. The molecule has 0 atom stereocenters. The lowest BCUT2D eigenvalue weighted by Crippen LogP contribution is -2.28. The number of carbonyl (C=O) groups excluding carboxylic acids is 1. The van der Waals surface area contributed by atoms with E-state index in [1.54, 1.807) is 0 Å². The Morgan fingerprint density at radius 1 is 1.20 bits per heavy atom. The van der Waals surface area contributed by atoms with Gasteiger partial charge in [-0.1, -0.05) is 32.1 Å². The van der Waals surface area contributed by atoms with Crippen molar-refractivity contribution in [1.82, 2.24) is 10.6 Å². The van der Waals surface area contributed by atoms with Crippen molar-refractivity contribution in [1.29, 1.82) is 0 Å². The summed E-state index contributed by atoms with van der Waals surface area (Å²) in [6.45, 7) is 1.64. The number of hydrogen-bond donors (Lipinski definition) is 2. The molecule has 3 nitrogen and oxygen atoms in total. The zero-order valence-electron chi connectivity index (χ0n) is 9.85. The molecule has 0 bridgehead atoms. The van der Waals surface area contributed by atoms with E-state index >= 15 is 0 Å². The normalized spacial score (nSPS) is 17.7. The molecule has 3 heteroatoms. The summed E-state index contributed by atoms with van der Waals surface area (Å²) in [6, 6.07) is 0. The van der Waals surface area contributed by atoms with Crippen LogP contribution < -0.4 is 10.6 Å². The topological polar surface area (TPSA) is 41.1 Å². The standard InChI is InChI=1S/C12H24N2O/c1-13-9-8-12(15)14-10-7-11-5-3-2-4-6-11/h11,13H,2-10H2,1H3,(H,14,15). The van der Waals surface area contributed by atoms with Crippen LogP contribution in [-0.2, 0) is 4.79 Å². The minimum atomic E-state index is 0.181. The molecule has 0 spiro atoms. The summed E-state index contributed by atoms with van der Waals surface area (Å²) < 4.78 is 0. The van der Waals surface area contributed by atoms with Crippen LogP contribution in [0.4, 0.5) is 0 Å². The highest BCUT2D eigenvalue weighted by Gasteiger charge is 2.12. The summed E-state index contributed by atoms with van der Waals surface area (Å²) in [5.41, 5.74) is 0. The van der Waals surface area contributed by atoms with Crippen molar-refractivity contribution in [3.8, 4) is 0 Å². The van der Waals surface area contributed by atoms with Gasteiger partial charge in [-0.15, -0.1) is 0 Å². The monoisotopic (exact) mass is 212 g/mol. The van der Waals surface area contributed by atoms with Crippen molar-refractivity contribution in [2.24, 2.45) is 5.92 Å². The second kappa shape index (κ2) is 7.69. The first-order chi connectivity index (χ1) is 7.33. The molecule has 2 N–H and O–H groups in total. The summed E-state index contributed by atoms with van der Waals surface area (Å²) in [6.07, 6.45) is 8.69. The second-order valence-corrected chi connectivity index (χ2v) is 4.50. The van der Waals surface area contributed by atoms with Crippen LogP contribution in [0.15, 0.2) is 0 Å². The molecule has 1 aliphatic carbocycles. The fourth-order valence-corrected chi connectivity index (χ4v) is 2.22. The minimum Gasteiger partial charge on any atom is -0.356 e. The van der Waals surface area contributed by atoms with E-state index in [1.807, 2.05) is 7.05 Å². The fraction of sp³-hybridized carbons (Fsp3) is 0.917. The second-order valence-electron chi connectivity index (χ2n) is 4.50. The van der Waals surface area contributed by atoms with E-state index in [4.69, 9.17) is 0 Å². The summed E-state index contributed by atoms with van der Waals surface area (Å²) in [4.78, 5) is 11.3. The Balaban J connectivity index is 1.97. The van der Waals surface area contributed by atoms with Gasteiger partial charge in [0.25, 0.3) is 0 Å². The van der Waals surface area contributed by atoms with Gasteiger partial charge >= 0.3 is 0 Å². The third-order valence-corrected chi connectivity index (χ3v) is 3.20. The molecule has 0 aromatic carbocycles. The molecule has 0 aliphatic heterocycles. The number of amides is 1. The maximum Gasteiger partial charge on any atom is 0.221 e. The quantitative estimate of drug-likeness (QED) is 0.703. The van der Waals surface area contributed by atoms with Crippen LogP contribution in [0.1, 0.15) is 44.9 Å². The van der Waals surface area contributed by atoms with Crippen LogP contribution in [0, 0.1) is 5.92 Å². The molecule has 88 valence electrons. The lowest BCUT2D eigenvalue weighted by Gasteiger charge is -2.21. The number of carbonyl (C=O) groups is 1. The van der Waals surface area contributed by atoms with Gasteiger partial charge in [-0.05, 0) is 19.4 Å². The SMILES string of the molecule is CNCCC(=O)NCCC1CCCCC1. The molecule has 0 heterocycles. The molecule has 1 aliphatic rings. The first-order valence-electron chi connectivity index (χ1n) is 6.24. The van der Waals surface area contributed by atoms with E-state index in [-0.39, 0.29) is 5.91 Å². The summed E-state index contributed by atoms with van der Waals surface area (Å²) in [5.74, 6) is 1.04. The van der Waals surface area contributed by atoms with Gasteiger partial charge in [0.15, 0.2) is 0 Å². The molecular weight excluding hydrogens is 188 g/mol. The predicted molar refractivity (Wildman–Crippen MR) is 62.7 cm³/mol. The molecule has 1 rings (SSSR count). The maximum atomic E-state index is 11.3. The van der Waals surface area contributed by atoms with Gasteiger partial charge in [-0.2, -0.15) is 0 Å². The van der Waals surface area contributed by atoms with Crippen LogP contribution in [0.25, 0.3) is 0 Å². The Hall–Kier alpha value is -0.570. The molecule has 1 fully saturated rings. The largest absolute Gasteiger partial charge is 0.356 e. The summed E-state index contributed by atoms with van der Waals surface area (Å²) in [5, 5.41) is 5.96. The Morgan fingerprint density at radius 2 is 1.93 bits per heavy atom. The Bertz CT molecular complexity index is 176. The predicted octanol–water partition coefficient (Wildman–Crippen LogP) is 1.68. The van der Waals surface area contributed by atoms with Crippen molar-refractivity contribution in [2.45, 2.75) is 44.9 Å². The molecular formula is C12H24N2O. The van der Waals surface area contributed by atoms with E-state index in [2.05, 4.69) is 10.6 Å². The Labute approximate surface area is 93.0 Å². The number of rotatable bonds is 6. The minimum absolute atomic E-state index is 0.181. The highest BCUT2D eigenvalue weighted by atomic mass is 16.1. The van der Waals surface area contributed by atoms with E-state index in [9.17, 15) is 4.79 Å². The van der Waals surface area contributed by atoms with Gasteiger partial charge < -0.3 is 10.6 Å². The van der Waals surface area contributed by atoms with Gasteiger partial charge in [0.1, 0.15) is 0 Å². The Kier molecular flexibility index (Phi) is 6.41. The van der Waals surface area contributed by atoms with E-state index < -0.39 is 0 Å². The third-order valence-electron chi connectivity index (χ3n) is 3.20. The van der Waals surface area contributed by atoms with Crippen molar-refractivity contribution in [2.75, 3.05) is 20.1 Å². The van der Waals surface area contributed by atoms with E-state index in [1.165, 1.54) is 38.5 Å². The van der Waals surface area contributed by atoms with E-state index in [0.29, 0.717) is 6.42 Å². The van der Waals surface area contributed by atoms with Crippen molar-refractivity contribution in [3.63, 3.8) is 0 Å². The molecule has 0 saturated heterocycles. The fourth-order valence-electron chi connectivity index (χ4n) is 2.22. The van der Waals surface area contributed by atoms with Crippen molar-refractivity contribution in [3.05, 3.63) is 0 Å². The molecule has 1 amide bonds.